The van der Waals surface area contributed by atoms with Crippen molar-refractivity contribution in [3.63, 3.8) is 0 Å². The van der Waals surface area contributed by atoms with E-state index in [1.807, 2.05) is 0 Å². The van der Waals surface area contributed by atoms with Crippen molar-refractivity contribution >= 4 is 46.0 Å². The number of hydrogen-bond acceptors (Lipinski definition) is 6. The monoisotopic (exact) mass is 349 g/mol. The number of carbonyl (C=O) groups excluding carboxylic acids is 2. The lowest BCUT2D eigenvalue weighted by atomic mass is 10.2. The van der Waals surface area contributed by atoms with Crippen molar-refractivity contribution in [2.24, 2.45) is 0 Å². The van der Waals surface area contributed by atoms with Crippen molar-refractivity contribution in [2.75, 3.05) is 11.2 Å². The van der Waals surface area contributed by atoms with Crippen LogP contribution in [0.1, 0.15) is 32.5 Å². The standard InChI is InChI=1S/C12H16ClN3O5S/c1-12(2,3)21-11(20)16-8(9(18)19)6-5-22-10(14-6)15-7(17)4-13/h5,8H,4H2,1-3H3,(H,16,20)(H,18,19)(H,14,15,17). The predicted molar refractivity (Wildman–Crippen MR) is 81.2 cm³/mol. The molecule has 0 spiro atoms. The van der Waals surface area contributed by atoms with Gasteiger partial charge in [-0.25, -0.2) is 14.6 Å². The minimum Gasteiger partial charge on any atom is -0.479 e. The Balaban J connectivity index is 2.81. The number of alkyl halides is 1. The van der Waals surface area contributed by atoms with Crippen LogP contribution in [0.3, 0.4) is 0 Å². The smallest absolute Gasteiger partial charge is 0.408 e. The Bertz CT molecular complexity index is 569. The molecule has 0 aromatic carbocycles. The van der Waals surface area contributed by atoms with Gasteiger partial charge in [-0.3, -0.25) is 4.79 Å². The van der Waals surface area contributed by atoms with Crippen LogP contribution in [-0.2, 0) is 14.3 Å². The van der Waals surface area contributed by atoms with Crippen LogP contribution in [-0.4, -0.2) is 39.5 Å². The highest BCUT2D eigenvalue weighted by Crippen LogP contribution is 2.21. The first kappa shape index (κ1) is 18.2. The third-order valence-corrected chi connectivity index (χ3v) is 3.11. The van der Waals surface area contributed by atoms with Gasteiger partial charge >= 0.3 is 12.1 Å². The number of aliphatic carboxylic acids is 1. The largest absolute Gasteiger partial charge is 0.479 e. The van der Waals surface area contributed by atoms with Crippen molar-refractivity contribution in [3.8, 4) is 0 Å². The molecule has 1 aromatic rings. The van der Waals surface area contributed by atoms with E-state index in [1.165, 1.54) is 5.38 Å². The van der Waals surface area contributed by atoms with Crippen LogP contribution in [0.5, 0.6) is 0 Å². The summed E-state index contributed by atoms with van der Waals surface area (Å²) in [5.41, 5.74) is -0.678. The number of carboxylic acid groups (broad SMARTS) is 1. The number of nitrogens with zero attached hydrogens (tertiary/aromatic N) is 1. The van der Waals surface area contributed by atoms with Crippen LogP contribution < -0.4 is 10.6 Å². The molecule has 1 aromatic heterocycles. The fourth-order valence-corrected chi connectivity index (χ4v) is 2.14. The number of nitrogens with one attached hydrogen (secondary N) is 2. The molecule has 0 saturated carbocycles. The number of halogens is 1. The molecule has 0 aliphatic heterocycles. The number of carboxylic acids is 1. The number of aromatic nitrogens is 1. The molecule has 10 heteroatoms. The predicted octanol–water partition coefficient (Wildman–Crippen LogP) is 1.97. The second kappa shape index (κ2) is 7.41. The molecule has 1 heterocycles. The average Bonchev–Trinajstić information content (AvgIpc) is 2.81. The minimum absolute atomic E-state index is 0.0771. The molecule has 1 rings (SSSR count). The summed E-state index contributed by atoms with van der Waals surface area (Å²) in [5, 5.41) is 15.4. The Kier molecular flexibility index (Phi) is 6.12. The summed E-state index contributed by atoms with van der Waals surface area (Å²) in [7, 11) is 0. The molecular weight excluding hydrogens is 334 g/mol. The van der Waals surface area contributed by atoms with Gasteiger partial charge in [-0.05, 0) is 20.8 Å². The zero-order valence-corrected chi connectivity index (χ0v) is 13.7. The van der Waals surface area contributed by atoms with Crippen LogP contribution in [0.15, 0.2) is 5.38 Å². The Morgan fingerprint density at radius 1 is 1.45 bits per heavy atom. The molecule has 0 saturated heterocycles. The average molecular weight is 350 g/mol. The molecule has 22 heavy (non-hydrogen) atoms. The molecular formula is C12H16ClN3O5S. The van der Waals surface area contributed by atoms with Gasteiger partial charge in [0, 0.05) is 5.38 Å². The maximum absolute atomic E-state index is 11.7. The Labute approximate surface area is 135 Å². The summed E-state index contributed by atoms with van der Waals surface area (Å²) in [6.45, 7) is 4.97. The summed E-state index contributed by atoms with van der Waals surface area (Å²) in [6, 6.07) is -1.38. The molecule has 8 nitrogen and oxygen atoms in total. The number of alkyl carbamates (subject to hydrolysis) is 1. The SMILES string of the molecule is CC(C)(C)OC(=O)NC(C(=O)O)c1csc(NC(=O)CCl)n1. The molecule has 1 unspecified atom stereocenters. The van der Waals surface area contributed by atoms with E-state index in [2.05, 4.69) is 15.6 Å². The summed E-state index contributed by atoms with van der Waals surface area (Å²) >= 11 is 6.37. The highest BCUT2D eigenvalue weighted by atomic mass is 35.5. The van der Waals surface area contributed by atoms with Gasteiger partial charge in [0.15, 0.2) is 11.2 Å². The maximum atomic E-state index is 11.7. The van der Waals surface area contributed by atoms with E-state index in [0.717, 1.165) is 11.3 Å². The third-order valence-electron chi connectivity index (χ3n) is 2.09. The highest BCUT2D eigenvalue weighted by Gasteiger charge is 2.27. The fourth-order valence-electron chi connectivity index (χ4n) is 1.32. The highest BCUT2D eigenvalue weighted by molar-refractivity contribution is 7.14. The first-order valence-electron chi connectivity index (χ1n) is 6.16. The molecule has 0 aliphatic carbocycles. The molecule has 0 aliphatic rings. The van der Waals surface area contributed by atoms with Crippen LogP contribution in [0.4, 0.5) is 9.93 Å². The van der Waals surface area contributed by atoms with E-state index >= 15 is 0 Å². The summed E-state index contributed by atoms with van der Waals surface area (Å²) in [5.74, 6) is -2.01. The van der Waals surface area contributed by atoms with Gasteiger partial charge in [0.05, 0.1) is 5.69 Å². The van der Waals surface area contributed by atoms with Crippen LogP contribution in [0.25, 0.3) is 0 Å². The lowest BCUT2D eigenvalue weighted by Crippen LogP contribution is -2.38. The summed E-state index contributed by atoms with van der Waals surface area (Å²) in [6.07, 6.45) is -0.876. The fraction of sp³-hybridized carbons (Fsp3) is 0.500. The van der Waals surface area contributed by atoms with E-state index < -0.39 is 29.6 Å². The Hall–Kier alpha value is -1.87. The first-order valence-corrected chi connectivity index (χ1v) is 7.57. The second-order valence-electron chi connectivity index (χ2n) is 5.18. The van der Waals surface area contributed by atoms with Crippen LogP contribution in [0.2, 0.25) is 0 Å². The van der Waals surface area contributed by atoms with Crippen molar-refractivity contribution < 1.29 is 24.2 Å². The lowest BCUT2D eigenvalue weighted by molar-refractivity contribution is -0.139. The molecule has 0 radical (unpaired) electrons. The van der Waals surface area contributed by atoms with Gasteiger partial charge in [-0.2, -0.15) is 0 Å². The van der Waals surface area contributed by atoms with E-state index in [-0.39, 0.29) is 16.7 Å². The van der Waals surface area contributed by atoms with Crippen LogP contribution in [0, 0.1) is 0 Å². The molecule has 2 amide bonds. The number of rotatable bonds is 5. The number of carbonyl (C=O) groups is 3. The summed E-state index contributed by atoms with van der Waals surface area (Å²) < 4.78 is 5.00. The Morgan fingerprint density at radius 3 is 2.59 bits per heavy atom. The zero-order valence-electron chi connectivity index (χ0n) is 12.2. The van der Waals surface area contributed by atoms with Gasteiger partial charge in [-0.1, -0.05) is 0 Å². The van der Waals surface area contributed by atoms with Gasteiger partial charge in [0.1, 0.15) is 11.5 Å². The topological polar surface area (TPSA) is 118 Å². The zero-order chi connectivity index (χ0) is 16.9. The quantitative estimate of drug-likeness (QED) is 0.699. The number of ether oxygens (including phenoxy) is 1. The first-order chi connectivity index (χ1) is 10.1. The van der Waals surface area contributed by atoms with E-state index in [0.29, 0.717) is 0 Å². The van der Waals surface area contributed by atoms with Gasteiger partial charge < -0.3 is 20.5 Å². The van der Waals surface area contributed by atoms with Crippen molar-refractivity contribution in [1.29, 1.82) is 0 Å². The van der Waals surface area contributed by atoms with Crippen molar-refractivity contribution in [1.82, 2.24) is 10.3 Å². The number of amides is 2. The molecule has 0 fully saturated rings. The molecule has 3 N–H and O–H groups in total. The third kappa shape index (κ3) is 5.86. The van der Waals surface area contributed by atoms with Crippen molar-refractivity contribution in [3.05, 3.63) is 11.1 Å². The Morgan fingerprint density at radius 2 is 2.09 bits per heavy atom. The van der Waals surface area contributed by atoms with E-state index in [9.17, 15) is 19.5 Å². The number of anilines is 1. The van der Waals surface area contributed by atoms with Gasteiger partial charge in [0.2, 0.25) is 5.91 Å². The normalized spacial score (nSPS) is 12.4. The van der Waals surface area contributed by atoms with Gasteiger partial charge in [-0.15, -0.1) is 22.9 Å². The number of hydrogen-bond donors (Lipinski definition) is 3. The van der Waals surface area contributed by atoms with E-state index in [4.69, 9.17) is 16.3 Å². The second-order valence-corrected chi connectivity index (χ2v) is 6.30. The molecule has 1 atom stereocenters. The minimum atomic E-state index is -1.38. The molecule has 0 bridgehead atoms. The lowest BCUT2D eigenvalue weighted by Gasteiger charge is -2.21. The maximum Gasteiger partial charge on any atom is 0.408 e. The number of thiazole rings is 1. The van der Waals surface area contributed by atoms with Gasteiger partial charge in [0.25, 0.3) is 0 Å². The molecule has 122 valence electrons. The van der Waals surface area contributed by atoms with E-state index in [1.54, 1.807) is 20.8 Å². The van der Waals surface area contributed by atoms with Crippen LogP contribution >= 0.6 is 22.9 Å². The summed E-state index contributed by atoms with van der Waals surface area (Å²) in [4.78, 5) is 38.0. The van der Waals surface area contributed by atoms with Crippen molar-refractivity contribution in [2.45, 2.75) is 32.4 Å².